The van der Waals surface area contributed by atoms with E-state index in [4.69, 9.17) is 5.73 Å². The van der Waals surface area contributed by atoms with Crippen LogP contribution in [0.15, 0.2) is 36.7 Å². The number of hydrogen-bond donors (Lipinski definition) is 1. The van der Waals surface area contributed by atoms with Crippen LogP contribution in [0.25, 0.3) is 22.2 Å². The maximum Gasteiger partial charge on any atom is 0.133 e. The molecule has 1 atom stereocenters. The maximum atomic E-state index is 14.9. The molecule has 26 heavy (non-hydrogen) atoms. The molecule has 2 heterocycles. The van der Waals surface area contributed by atoms with Crippen LogP contribution in [-0.4, -0.2) is 9.55 Å². The Morgan fingerprint density at radius 1 is 1.35 bits per heavy atom. The number of aromatic nitrogens is 2. The van der Waals surface area contributed by atoms with Crippen LogP contribution in [0, 0.1) is 22.6 Å². The Morgan fingerprint density at radius 3 is 2.69 bits per heavy atom. The quantitative estimate of drug-likeness (QED) is 0.739. The molecule has 3 aromatic rings. The monoisotopic (exact) mass is 350 g/mol. The van der Waals surface area contributed by atoms with Gasteiger partial charge in [-0.2, -0.15) is 5.26 Å². The van der Waals surface area contributed by atoms with E-state index in [1.165, 1.54) is 6.07 Å². The van der Waals surface area contributed by atoms with Gasteiger partial charge in [-0.25, -0.2) is 4.39 Å². The second kappa shape index (κ2) is 6.54. The summed E-state index contributed by atoms with van der Waals surface area (Å²) in [4.78, 5) is 4.24. The first-order chi connectivity index (χ1) is 12.2. The standard InChI is InChI=1S/C21H23FN4/c1-13(24)17-11-26(12-21(2,3)4)19-9-16(18(22)8-15(17)19)20-14(10-23)6-5-7-25-20/h5-9,11,13H,12,24H2,1-4H3/t13-/m1/s1. The third kappa shape index (κ3) is 3.33. The average Bonchev–Trinajstić information content (AvgIpc) is 2.90. The molecule has 0 saturated carbocycles. The van der Waals surface area contributed by atoms with E-state index in [9.17, 15) is 9.65 Å². The lowest BCUT2D eigenvalue weighted by molar-refractivity contribution is 0.349. The van der Waals surface area contributed by atoms with E-state index in [-0.39, 0.29) is 11.5 Å². The van der Waals surface area contributed by atoms with E-state index < -0.39 is 5.82 Å². The summed E-state index contributed by atoms with van der Waals surface area (Å²) in [7, 11) is 0. The molecule has 0 spiro atoms. The Morgan fingerprint density at radius 2 is 2.08 bits per heavy atom. The van der Waals surface area contributed by atoms with E-state index in [1.807, 2.05) is 13.1 Å². The number of benzene rings is 1. The van der Waals surface area contributed by atoms with Crippen LogP contribution in [-0.2, 0) is 6.54 Å². The highest BCUT2D eigenvalue weighted by molar-refractivity contribution is 5.89. The van der Waals surface area contributed by atoms with Crippen molar-refractivity contribution in [1.29, 1.82) is 5.26 Å². The van der Waals surface area contributed by atoms with Crippen molar-refractivity contribution in [2.24, 2.45) is 11.1 Å². The largest absolute Gasteiger partial charge is 0.347 e. The maximum absolute atomic E-state index is 14.9. The molecule has 0 aliphatic carbocycles. The van der Waals surface area contributed by atoms with Crippen molar-refractivity contribution in [2.75, 3.05) is 0 Å². The molecular weight excluding hydrogens is 327 g/mol. The summed E-state index contributed by atoms with van der Waals surface area (Å²) in [6, 6.07) is 8.51. The fourth-order valence-electron chi connectivity index (χ4n) is 3.23. The van der Waals surface area contributed by atoms with Gasteiger partial charge in [-0.05, 0) is 42.2 Å². The zero-order chi connectivity index (χ0) is 19.1. The summed E-state index contributed by atoms with van der Waals surface area (Å²) in [6.45, 7) is 9.13. The number of nitriles is 1. The lowest BCUT2D eigenvalue weighted by atomic mass is 9.96. The van der Waals surface area contributed by atoms with Gasteiger partial charge in [0.15, 0.2) is 0 Å². The minimum Gasteiger partial charge on any atom is -0.347 e. The van der Waals surface area contributed by atoms with Crippen molar-refractivity contribution in [3.63, 3.8) is 0 Å². The first-order valence-electron chi connectivity index (χ1n) is 8.64. The fourth-order valence-corrected chi connectivity index (χ4v) is 3.23. The van der Waals surface area contributed by atoms with Crippen molar-refractivity contribution in [3.05, 3.63) is 53.6 Å². The molecule has 0 bridgehead atoms. The predicted molar refractivity (Wildman–Crippen MR) is 102 cm³/mol. The molecule has 0 aliphatic heterocycles. The molecule has 0 radical (unpaired) electrons. The minimum absolute atomic E-state index is 0.0540. The molecule has 134 valence electrons. The number of hydrogen-bond acceptors (Lipinski definition) is 3. The minimum atomic E-state index is -0.400. The van der Waals surface area contributed by atoms with Gasteiger partial charge in [-0.15, -0.1) is 0 Å². The van der Waals surface area contributed by atoms with Gasteiger partial charge in [-0.3, -0.25) is 4.98 Å². The van der Waals surface area contributed by atoms with Gasteiger partial charge in [0.25, 0.3) is 0 Å². The highest BCUT2D eigenvalue weighted by Gasteiger charge is 2.20. The first-order valence-corrected chi connectivity index (χ1v) is 8.64. The summed E-state index contributed by atoms with van der Waals surface area (Å²) in [5.41, 5.74) is 9.03. The van der Waals surface area contributed by atoms with Gasteiger partial charge in [0.1, 0.15) is 11.9 Å². The van der Waals surface area contributed by atoms with Crippen LogP contribution in [0.3, 0.4) is 0 Å². The normalized spacial score (nSPS) is 13.0. The molecule has 5 heteroatoms. The topological polar surface area (TPSA) is 67.6 Å². The van der Waals surface area contributed by atoms with Crippen molar-refractivity contribution in [1.82, 2.24) is 9.55 Å². The molecule has 2 aromatic heterocycles. The lowest BCUT2D eigenvalue weighted by Crippen LogP contribution is -2.14. The first kappa shape index (κ1) is 18.1. The van der Waals surface area contributed by atoms with Crippen LogP contribution in [0.1, 0.15) is 44.9 Å². The van der Waals surface area contributed by atoms with Gasteiger partial charge in [0.2, 0.25) is 0 Å². The molecule has 4 nitrogen and oxygen atoms in total. The predicted octanol–water partition coefficient (Wildman–Crippen LogP) is 4.78. The van der Waals surface area contributed by atoms with Crippen molar-refractivity contribution in [2.45, 2.75) is 40.3 Å². The number of rotatable bonds is 3. The van der Waals surface area contributed by atoms with Crippen molar-refractivity contribution < 1.29 is 4.39 Å². The zero-order valence-corrected chi connectivity index (χ0v) is 15.5. The number of nitrogens with zero attached hydrogens (tertiary/aromatic N) is 3. The van der Waals surface area contributed by atoms with Gasteiger partial charge < -0.3 is 10.3 Å². The van der Waals surface area contributed by atoms with Gasteiger partial charge >= 0.3 is 0 Å². The van der Waals surface area contributed by atoms with Crippen molar-refractivity contribution in [3.8, 4) is 17.3 Å². The van der Waals surface area contributed by atoms with Crippen LogP contribution in [0.2, 0.25) is 0 Å². The number of halogens is 1. The van der Waals surface area contributed by atoms with E-state index >= 15 is 0 Å². The highest BCUT2D eigenvalue weighted by Crippen LogP contribution is 2.34. The second-order valence-corrected chi connectivity index (χ2v) is 7.92. The number of nitrogens with two attached hydrogens (primary N) is 1. The van der Waals surface area contributed by atoms with Gasteiger partial charge in [0.05, 0.1) is 11.3 Å². The Bertz CT molecular complexity index is 1000. The Kier molecular flexibility index (Phi) is 4.55. The molecule has 0 saturated heterocycles. The molecule has 1 aromatic carbocycles. The average molecular weight is 350 g/mol. The Labute approximate surface area is 153 Å². The number of fused-ring (bicyclic) bond motifs is 1. The third-order valence-corrected chi connectivity index (χ3v) is 4.32. The van der Waals surface area contributed by atoms with E-state index in [0.717, 1.165) is 23.0 Å². The summed E-state index contributed by atoms with van der Waals surface area (Å²) >= 11 is 0. The van der Waals surface area contributed by atoms with Crippen LogP contribution < -0.4 is 5.73 Å². The smallest absolute Gasteiger partial charge is 0.133 e. The highest BCUT2D eigenvalue weighted by atomic mass is 19.1. The second-order valence-electron chi connectivity index (χ2n) is 7.92. The van der Waals surface area contributed by atoms with E-state index in [2.05, 4.69) is 36.4 Å². The third-order valence-electron chi connectivity index (χ3n) is 4.32. The summed E-state index contributed by atoms with van der Waals surface area (Å²) in [5, 5.41) is 10.1. The van der Waals surface area contributed by atoms with Crippen LogP contribution in [0.4, 0.5) is 4.39 Å². The van der Waals surface area contributed by atoms with Crippen LogP contribution in [0.5, 0.6) is 0 Å². The van der Waals surface area contributed by atoms with E-state index in [1.54, 1.807) is 24.4 Å². The van der Waals surface area contributed by atoms with Crippen molar-refractivity contribution >= 4 is 10.9 Å². The Hall–Kier alpha value is -2.71. The molecule has 3 rings (SSSR count). The van der Waals surface area contributed by atoms with Crippen LogP contribution >= 0.6 is 0 Å². The molecule has 0 unspecified atom stereocenters. The summed E-state index contributed by atoms with van der Waals surface area (Å²) in [6.07, 6.45) is 3.58. The number of pyridine rings is 1. The van der Waals surface area contributed by atoms with E-state index in [0.29, 0.717) is 16.8 Å². The summed E-state index contributed by atoms with van der Waals surface area (Å²) in [5.74, 6) is -0.400. The summed E-state index contributed by atoms with van der Waals surface area (Å²) < 4.78 is 17.0. The fraction of sp³-hybridized carbons (Fsp3) is 0.333. The van der Waals surface area contributed by atoms with Gasteiger partial charge in [0, 0.05) is 41.4 Å². The van der Waals surface area contributed by atoms with Gasteiger partial charge in [-0.1, -0.05) is 20.8 Å². The molecule has 0 aliphatic rings. The Balaban J connectivity index is 2.30. The molecular formula is C21H23FN4. The molecule has 0 fully saturated rings. The zero-order valence-electron chi connectivity index (χ0n) is 15.5. The molecule has 2 N–H and O–H groups in total. The lowest BCUT2D eigenvalue weighted by Gasteiger charge is -2.20. The molecule has 0 amide bonds. The SMILES string of the molecule is C[C@@H](N)c1cn(CC(C)(C)C)c2cc(-c3ncccc3C#N)c(F)cc12.